The fraction of sp³-hybridized carbons (Fsp3) is 0.382. The topological polar surface area (TPSA) is 118 Å². The Balaban J connectivity index is 1.06. The van der Waals surface area contributed by atoms with Crippen molar-refractivity contribution >= 4 is 22.5 Å². The van der Waals surface area contributed by atoms with Crippen LogP contribution in [0.25, 0.3) is 33.4 Å². The number of H-pyrrole nitrogens is 1. The standard InChI is InChI=1S/C34H36N6O4/c35-19-25-17-24(3-6-32(25)44-28-8-11-40(12-9-28)33(42)20-41)34-29-18-31(37-30(29)7-10-36-34)23-1-4-26(5-2-23)38-13-15-39(16-14-38)27-21-43-22-27/h1-7,10,17-18,27-28,37,41H,8-9,11-16,20-22H2. The number of ether oxygens (including phenoxy) is 2. The number of aliphatic hydroxyl groups excluding tert-OH is 1. The molecule has 10 heteroatoms. The van der Waals surface area contributed by atoms with Crippen LogP contribution in [0.5, 0.6) is 5.75 Å². The summed E-state index contributed by atoms with van der Waals surface area (Å²) in [7, 11) is 0. The molecule has 0 radical (unpaired) electrons. The lowest BCUT2D eigenvalue weighted by Gasteiger charge is -2.43. The van der Waals surface area contributed by atoms with E-state index in [-0.39, 0.29) is 12.0 Å². The number of amides is 1. The van der Waals surface area contributed by atoms with Gasteiger partial charge in [0.1, 0.15) is 24.5 Å². The molecule has 3 saturated heterocycles. The minimum atomic E-state index is -0.476. The van der Waals surface area contributed by atoms with E-state index < -0.39 is 6.61 Å². The maximum atomic E-state index is 11.8. The highest BCUT2D eigenvalue weighted by molar-refractivity contribution is 5.96. The van der Waals surface area contributed by atoms with Crippen LogP contribution in [0.2, 0.25) is 0 Å². The number of nitrogens with zero attached hydrogens (tertiary/aromatic N) is 5. The molecule has 3 fully saturated rings. The number of piperidine rings is 1. The number of fused-ring (bicyclic) bond motifs is 1. The highest BCUT2D eigenvalue weighted by Crippen LogP contribution is 2.34. The number of pyridine rings is 1. The molecule has 3 aliphatic heterocycles. The number of nitriles is 1. The number of hydrogen-bond acceptors (Lipinski definition) is 8. The third kappa shape index (κ3) is 5.62. The van der Waals surface area contributed by atoms with E-state index in [9.17, 15) is 10.1 Å². The van der Waals surface area contributed by atoms with E-state index in [0.717, 1.165) is 72.8 Å². The lowest BCUT2D eigenvalue weighted by molar-refractivity contribution is -0.135. The van der Waals surface area contributed by atoms with E-state index in [1.54, 1.807) is 11.1 Å². The molecule has 226 valence electrons. The fourth-order valence-electron chi connectivity index (χ4n) is 6.44. The molecule has 3 aliphatic rings. The molecule has 10 nitrogen and oxygen atoms in total. The maximum absolute atomic E-state index is 11.8. The van der Waals surface area contributed by atoms with E-state index >= 15 is 0 Å². The highest BCUT2D eigenvalue weighted by atomic mass is 16.5. The van der Waals surface area contributed by atoms with Crippen LogP contribution in [-0.4, -0.2) is 102 Å². The fourth-order valence-corrected chi connectivity index (χ4v) is 6.44. The van der Waals surface area contributed by atoms with E-state index in [1.807, 2.05) is 24.3 Å². The first-order valence-corrected chi connectivity index (χ1v) is 15.3. The summed E-state index contributed by atoms with van der Waals surface area (Å²) in [6.07, 6.45) is 3.00. The molecule has 2 aromatic heterocycles. The normalized spacial score (nSPS) is 18.3. The number of likely N-dealkylation sites (tertiary alicyclic amines) is 1. The Kier molecular flexibility index (Phi) is 7.91. The first-order chi connectivity index (χ1) is 21.6. The number of benzene rings is 2. The molecule has 2 aromatic carbocycles. The Hall–Kier alpha value is -4.43. The predicted molar refractivity (Wildman–Crippen MR) is 167 cm³/mol. The summed E-state index contributed by atoms with van der Waals surface area (Å²) < 4.78 is 11.6. The van der Waals surface area contributed by atoms with Crippen molar-refractivity contribution in [2.24, 2.45) is 0 Å². The van der Waals surface area contributed by atoms with Crippen molar-refractivity contribution < 1.29 is 19.4 Å². The number of aromatic amines is 1. The van der Waals surface area contributed by atoms with Gasteiger partial charge < -0.3 is 29.4 Å². The van der Waals surface area contributed by atoms with Crippen LogP contribution in [0.15, 0.2) is 60.8 Å². The SMILES string of the molecule is N#Cc1cc(-c2nccc3[nH]c(-c4ccc(N5CCN(C6COC6)CC5)cc4)cc23)ccc1OC1CCN(C(=O)CO)CC1. The van der Waals surface area contributed by atoms with Crippen molar-refractivity contribution in [1.82, 2.24) is 19.8 Å². The number of piperazine rings is 1. The first-order valence-electron chi connectivity index (χ1n) is 15.3. The first kappa shape index (κ1) is 28.3. The van der Waals surface area contributed by atoms with Crippen molar-refractivity contribution in [3.63, 3.8) is 0 Å². The minimum absolute atomic E-state index is 0.0945. The second-order valence-corrected chi connectivity index (χ2v) is 11.7. The van der Waals surface area contributed by atoms with Gasteiger partial charge >= 0.3 is 0 Å². The molecule has 4 aromatic rings. The Labute approximate surface area is 256 Å². The van der Waals surface area contributed by atoms with Gasteiger partial charge in [-0.15, -0.1) is 0 Å². The average Bonchev–Trinajstić information content (AvgIpc) is 3.49. The summed E-state index contributed by atoms with van der Waals surface area (Å²) in [5.41, 5.74) is 6.44. The number of rotatable bonds is 7. The number of aliphatic hydroxyl groups is 1. The molecular formula is C34H36N6O4. The minimum Gasteiger partial charge on any atom is -0.489 e. The summed E-state index contributed by atoms with van der Waals surface area (Å²) in [6.45, 7) is 6.51. The molecule has 0 spiro atoms. The van der Waals surface area contributed by atoms with Crippen molar-refractivity contribution in [2.45, 2.75) is 25.0 Å². The summed E-state index contributed by atoms with van der Waals surface area (Å²) in [6, 6.07) is 21.3. The van der Waals surface area contributed by atoms with Gasteiger partial charge in [0.15, 0.2) is 0 Å². The van der Waals surface area contributed by atoms with E-state index in [2.05, 4.69) is 51.2 Å². The van der Waals surface area contributed by atoms with E-state index in [0.29, 0.717) is 43.3 Å². The summed E-state index contributed by atoms with van der Waals surface area (Å²) in [5, 5.41) is 20.1. The van der Waals surface area contributed by atoms with Gasteiger partial charge in [0.2, 0.25) is 5.91 Å². The van der Waals surface area contributed by atoms with Gasteiger partial charge in [-0.3, -0.25) is 14.7 Å². The molecule has 5 heterocycles. The van der Waals surface area contributed by atoms with E-state index in [1.165, 1.54) is 5.69 Å². The third-order valence-electron chi connectivity index (χ3n) is 9.14. The van der Waals surface area contributed by atoms with Gasteiger partial charge in [-0.05, 0) is 48.0 Å². The lowest BCUT2D eigenvalue weighted by Crippen LogP contribution is -2.56. The zero-order valence-electron chi connectivity index (χ0n) is 24.6. The number of aromatic nitrogens is 2. The van der Waals surface area contributed by atoms with Crippen molar-refractivity contribution in [1.29, 1.82) is 5.26 Å². The Morgan fingerprint density at radius 2 is 1.75 bits per heavy atom. The van der Waals surface area contributed by atoms with Crippen LogP contribution in [-0.2, 0) is 9.53 Å². The number of nitrogens with one attached hydrogen (secondary N) is 1. The van der Waals surface area contributed by atoms with Crippen LogP contribution in [0.3, 0.4) is 0 Å². The number of hydrogen-bond donors (Lipinski definition) is 2. The summed E-state index contributed by atoms with van der Waals surface area (Å²) in [5.74, 6) is 0.269. The van der Waals surface area contributed by atoms with Crippen LogP contribution >= 0.6 is 0 Å². The van der Waals surface area contributed by atoms with Crippen molar-refractivity contribution in [3.8, 4) is 34.3 Å². The molecule has 0 aliphatic carbocycles. The smallest absolute Gasteiger partial charge is 0.248 e. The molecule has 1 amide bonds. The molecule has 7 rings (SSSR count). The molecular weight excluding hydrogens is 556 g/mol. The zero-order chi connectivity index (χ0) is 30.0. The van der Waals surface area contributed by atoms with Crippen LogP contribution in [0.1, 0.15) is 18.4 Å². The number of carbonyl (C=O) groups excluding carboxylic acids is 1. The van der Waals surface area contributed by atoms with E-state index in [4.69, 9.17) is 19.6 Å². The Bertz CT molecular complexity index is 1680. The van der Waals surface area contributed by atoms with Gasteiger partial charge in [0.25, 0.3) is 0 Å². The van der Waals surface area contributed by atoms with Crippen LogP contribution in [0, 0.1) is 11.3 Å². The molecule has 0 saturated carbocycles. The lowest BCUT2D eigenvalue weighted by atomic mass is 10.0. The van der Waals surface area contributed by atoms with Gasteiger partial charge in [-0.1, -0.05) is 12.1 Å². The molecule has 0 bridgehead atoms. The molecule has 44 heavy (non-hydrogen) atoms. The van der Waals surface area contributed by atoms with Crippen molar-refractivity contribution in [2.75, 3.05) is 64.0 Å². The number of carbonyl (C=O) groups is 1. The van der Waals surface area contributed by atoms with Gasteiger partial charge in [0.05, 0.1) is 30.5 Å². The Morgan fingerprint density at radius 1 is 1.00 bits per heavy atom. The maximum Gasteiger partial charge on any atom is 0.248 e. The van der Waals surface area contributed by atoms with Crippen LogP contribution in [0.4, 0.5) is 5.69 Å². The highest BCUT2D eigenvalue weighted by Gasteiger charge is 2.29. The summed E-state index contributed by atoms with van der Waals surface area (Å²) >= 11 is 0. The Morgan fingerprint density at radius 3 is 2.43 bits per heavy atom. The van der Waals surface area contributed by atoms with Crippen molar-refractivity contribution in [3.05, 3.63) is 66.4 Å². The molecule has 0 unspecified atom stereocenters. The van der Waals surface area contributed by atoms with Crippen LogP contribution < -0.4 is 9.64 Å². The quantitative estimate of drug-likeness (QED) is 0.334. The zero-order valence-corrected chi connectivity index (χ0v) is 24.6. The second-order valence-electron chi connectivity index (χ2n) is 11.7. The molecule has 2 N–H and O–H groups in total. The second kappa shape index (κ2) is 12.3. The monoisotopic (exact) mass is 592 g/mol. The molecule has 0 atom stereocenters. The number of anilines is 1. The van der Waals surface area contributed by atoms with Gasteiger partial charge in [-0.25, -0.2) is 0 Å². The predicted octanol–water partition coefficient (Wildman–Crippen LogP) is 3.65. The average molecular weight is 593 g/mol. The van der Waals surface area contributed by atoms with Gasteiger partial charge in [0, 0.05) is 86.2 Å². The summed E-state index contributed by atoms with van der Waals surface area (Å²) in [4.78, 5) is 26.7. The largest absolute Gasteiger partial charge is 0.489 e. The van der Waals surface area contributed by atoms with Gasteiger partial charge in [-0.2, -0.15) is 5.26 Å². The third-order valence-corrected chi connectivity index (χ3v) is 9.14.